The average Bonchev–Trinajstić information content (AvgIpc) is 3.00. The van der Waals surface area contributed by atoms with E-state index in [1.165, 1.54) is 18.2 Å². The van der Waals surface area contributed by atoms with E-state index in [1.54, 1.807) is 0 Å². The van der Waals surface area contributed by atoms with Gasteiger partial charge in [-0.25, -0.2) is 0 Å². The van der Waals surface area contributed by atoms with E-state index >= 15 is 0 Å². The monoisotopic (exact) mass is 294 g/mol. The maximum atomic E-state index is 12.3. The Kier molecular flexibility index (Phi) is 4.71. The molecule has 1 amide bonds. The highest BCUT2D eigenvalue weighted by molar-refractivity contribution is 6.00. The van der Waals surface area contributed by atoms with Crippen molar-refractivity contribution in [1.82, 2.24) is 5.32 Å². The number of hydrogen-bond donors (Lipinski definition) is 3. The van der Waals surface area contributed by atoms with Crippen molar-refractivity contribution in [3.8, 4) is 0 Å². The molecule has 1 aliphatic rings. The van der Waals surface area contributed by atoms with Gasteiger partial charge in [-0.2, -0.15) is 0 Å². The maximum absolute atomic E-state index is 12.3. The van der Waals surface area contributed by atoms with Gasteiger partial charge in [0, 0.05) is 6.61 Å². The number of nitro groups is 1. The van der Waals surface area contributed by atoms with Crippen LogP contribution in [0.4, 0.5) is 11.4 Å². The van der Waals surface area contributed by atoms with Gasteiger partial charge >= 0.3 is 5.69 Å². The third kappa shape index (κ3) is 3.29. The van der Waals surface area contributed by atoms with Crippen molar-refractivity contribution in [1.29, 1.82) is 0 Å². The Morgan fingerprint density at radius 1 is 1.57 bits per heavy atom. The lowest BCUT2D eigenvalue weighted by molar-refractivity contribution is -0.384. The minimum Gasteiger partial charge on any atom is -0.376 e. The molecule has 2 unspecified atom stereocenters. The van der Waals surface area contributed by atoms with Gasteiger partial charge in [-0.3, -0.25) is 20.8 Å². The minimum absolute atomic E-state index is 0.0275. The number of nitro benzene ring substituents is 1. The standard InChI is InChI=1S/C13H18N4O4/c1-8(11-6-3-7-21-11)15-13(18)9-4-2-5-10(16-14)12(9)17(19)20/h2,4-5,8,11,16H,3,6-7,14H2,1H3,(H,15,18). The van der Waals surface area contributed by atoms with Crippen LogP contribution >= 0.6 is 0 Å². The molecule has 1 aromatic rings. The topological polar surface area (TPSA) is 120 Å². The quantitative estimate of drug-likeness (QED) is 0.426. The Balaban J connectivity index is 2.20. The van der Waals surface area contributed by atoms with Crippen LogP contribution in [0.2, 0.25) is 0 Å². The summed E-state index contributed by atoms with van der Waals surface area (Å²) in [5.41, 5.74) is 1.97. The fraction of sp³-hybridized carbons (Fsp3) is 0.462. The number of hydrogen-bond acceptors (Lipinski definition) is 6. The summed E-state index contributed by atoms with van der Waals surface area (Å²) >= 11 is 0. The van der Waals surface area contributed by atoms with Crippen molar-refractivity contribution in [2.75, 3.05) is 12.0 Å². The normalized spacial score (nSPS) is 19.0. The molecule has 0 radical (unpaired) electrons. The molecule has 8 heteroatoms. The van der Waals surface area contributed by atoms with E-state index < -0.39 is 10.8 Å². The van der Waals surface area contributed by atoms with Gasteiger partial charge in [-0.1, -0.05) is 6.07 Å². The predicted octanol–water partition coefficient (Wildman–Crippen LogP) is 1.18. The van der Waals surface area contributed by atoms with Gasteiger partial charge in [0.25, 0.3) is 5.91 Å². The Bertz CT molecular complexity index is 543. The molecule has 1 aliphatic heterocycles. The molecule has 1 aromatic carbocycles. The molecule has 2 rings (SSSR count). The third-order valence-electron chi connectivity index (χ3n) is 3.50. The van der Waals surface area contributed by atoms with Gasteiger partial charge < -0.3 is 15.5 Å². The first-order valence-electron chi connectivity index (χ1n) is 6.71. The van der Waals surface area contributed by atoms with Crippen molar-refractivity contribution in [2.45, 2.75) is 31.9 Å². The van der Waals surface area contributed by atoms with Crippen LogP contribution in [0.3, 0.4) is 0 Å². The number of carbonyl (C=O) groups is 1. The molecule has 21 heavy (non-hydrogen) atoms. The highest BCUT2D eigenvalue weighted by Crippen LogP contribution is 2.28. The first-order valence-corrected chi connectivity index (χ1v) is 6.71. The zero-order valence-electron chi connectivity index (χ0n) is 11.7. The molecule has 0 bridgehead atoms. The first kappa shape index (κ1) is 15.2. The second kappa shape index (κ2) is 6.51. The number of nitrogens with one attached hydrogen (secondary N) is 2. The fourth-order valence-corrected chi connectivity index (χ4v) is 2.41. The molecule has 8 nitrogen and oxygen atoms in total. The van der Waals surface area contributed by atoms with Gasteiger partial charge in [0.2, 0.25) is 0 Å². The molecule has 114 valence electrons. The number of ether oxygens (including phenoxy) is 1. The van der Waals surface area contributed by atoms with Gasteiger partial charge in [0.15, 0.2) is 0 Å². The summed E-state index contributed by atoms with van der Waals surface area (Å²) in [6, 6.07) is 4.16. The smallest absolute Gasteiger partial charge is 0.306 e. The molecule has 2 atom stereocenters. The molecular formula is C13H18N4O4. The number of hydrazine groups is 1. The number of benzene rings is 1. The maximum Gasteiger partial charge on any atom is 0.306 e. The van der Waals surface area contributed by atoms with Crippen LogP contribution in [0.5, 0.6) is 0 Å². The van der Waals surface area contributed by atoms with E-state index in [-0.39, 0.29) is 29.1 Å². The zero-order valence-corrected chi connectivity index (χ0v) is 11.7. The lowest BCUT2D eigenvalue weighted by Crippen LogP contribution is -2.41. The molecule has 0 aliphatic carbocycles. The molecule has 4 N–H and O–H groups in total. The number of anilines is 1. The molecule has 1 saturated heterocycles. The fourth-order valence-electron chi connectivity index (χ4n) is 2.41. The molecule has 0 aromatic heterocycles. The van der Waals surface area contributed by atoms with E-state index in [2.05, 4.69) is 10.7 Å². The van der Waals surface area contributed by atoms with E-state index in [4.69, 9.17) is 10.6 Å². The summed E-state index contributed by atoms with van der Waals surface area (Å²) in [6.07, 6.45) is 1.77. The van der Waals surface area contributed by atoms with E-state index in [9.17, 15) is 14.9 Å². The summed E-state index contributed by atoms with van der Waals surface area (Å²) < 4.78 is 5.49. The van der Waals surface area contributed by atoms with E-state index in [0.29, 0.717) is 6.61 Å². The van der Waals surface area contributed by atoms with Crippen molar-refractivity contribution in [2.24, 2.45) is 5.84 Å². The predicted molar refractivity (Wildman–Crippen MR) is 76.8 cm³/mol. The van der Waals surface area contributed by atoms with Crippen molar-refractivity contribution < 1.29 is 14.5 Å². The van der Waals surface area contributed by atoms with E-state index in [0.717, 1.165) is 12.8 Å². The Hall–Kier alpha value is -2.19. The third-order valence-corrected chi connectivity index (χ3v) is 3.50. The molecule has 0 saturated carbocycles. The van der Waals surface area contributed by atoms with Crippen LogP contribution < -0.4 is 16.6 Å². The van der Waals surface area contributed by atoms with Crippen LogP contribution in [0.1, 0.15) is 30.1 Å². The second-order valence-corrected chi connectivity index (χ2v) is 4.92. The van der Waals surface area contributed by atoms with Crippen LogP contribution in [-0.2, 0) is 4.74 Å². The van der Waals surface area contributed by atoms with Crippen LogP contribution in [-0.4, -0.2) is 29.6 Å². The Morgan fingerprint density at radius 3 is 2.90 bits per heavy atom. The number of para-hydroxylation sites is 1. The molecule has 1 fully saturated rings. The largest absolute Gasteiger partial charge is 0.376 e. The summed E-state index contributed by atoms with van der Waals surface area (Å²) in [5, 5.41) is 13.9. The summed E-state index contributed by atoms with van der Waals surface area (Å²) in [7, 11) is 0. The zero-order chi connectivity index (χ0) is 15.4. The average molecular weight is 294 g/mol. The van der Waals surface area contributed by atoms with Crippen molar-refractivity contribution >= 4 is 17.3 Å². The summed E-state index contributed by atoms with van der Waals surface area (Å²) in [6.45, 7) is 2.50. The molecule has 1 heterocycles. The lowest BCUT2D eigenvalue weighted by Gasteiger charge is -2.20. The Labute approximate surface area is 121 Å². The summed E-state index contributed by atoms with van der Waals surface area (Å²) in [4.78, 5) is 22.8. The number of nitrogen functional groups attached to an aromatic ring is 1. The van der Waals surface area contributed by atoms with Gasteiger partial charge in [-0.15, -0.1) is 0 Å². The minimum atomic E-state index is -0.624. The van der Waals surface area contributed by atoms with Gasteiger partial charge in [0.05, 0.1) is 17.1 Å². The van der Waals surface area contributed by atoms with Crippen LogP contribution in [0, 0.1) is 10.1 Å². The SMILES string of the molecule is CC(NC(=O)c1cccc(NN)c1[N+](=O)[O-])C1CCCO1. The van der Waals surface area contributed by atoms with Crippen LogP contribution in [0.25, 0.3) is 0 Å². The number of nitrogens with two attached hydrogens (primary N) is 1. The van der Waals surface area contributed by atoms with Gasteiger partial charge in [-0.05, 0) is 31.9 Å². The highest BCUT2D eigenvalue weighted by Gasteiger charge is 2.28. The molecule has 0 spiro atoms. The lowest BCUT2D eigenvalue weighted by atomic mass is 10.1. The van der Waals surface area contributed by atoms with Crippen molar-refractivity contribution in [3.05, 3.63) is 33.9 Å². The van der Waals surface area contributed by atoms with E-state index in [1.807, 2.05) is 6.92 Å². The summed E-state index contributed by atoms with van der Waals surface area (Å²) in [5.74, 6) is 4.74. The Morgan fingerprint density at radius 2 is 2.33 bits per heavy atom. The molecular weight excluding hydrogens is 276 g/mol. The van der Waals surface area contributed by atoms with Crippen molar-refractivity contribution in [3.63, 3.8) is 0 Å². The van der Waals surface area contributed by atoms with Crippen LogP contribution in [0.15, 0.2) is 18.2 Å². The number of carbonyl (C=O) groups excluding carboxylic acids is 1. The second-order valence-electron chi connectivity index (χ2n) is 4.92. The van der Waals surface area contributed by atoms with Gasteiger partial charge in [0.1, 0.15) is 11.3 Å². The number of nitrogens with zero attached hydrogens (tertiary/aromatic N) is 1. The highest BCUT2D eigenvalue weighted by atomic mass is 16.6. The first-order chi connectivity index (χ1) is 10.0. The number of amides is 1. The number of rotatable bonds is 5.